The van der Waals surface area contributed by atoms with Gasteiger partial charge in [-0.05, 0) is 68.2 Å². The van der Waals surface area contributed by atoms with E-state index < -0.39 is 0 Å². The number of hydrogen-bond acceptors (Lipinski definition) is 4. The molecule has 0 saturated heterocycles. The molecule has 4 nitrogen and oxygen atoms in total. The maximum Gasteiger partial charge on any atom is 0.230 e. The van der Waals surface area contributed by atoms with Gasteiger partial charge in [-0.2, -0.15) is 0 Å². The molecule has 4 atom stereocenters. The first-order chi connectivity index (χ1) is 15.1. The van der Waals surface area contributed by atoms with E-state index in [4.69, 9.17) is 0 Å². The molecular formula is C25H26FN3OS. The zero-order valence-corrected chi connectivity index (χ0v) is 18.4. The Morgan fingerprint density at radius 2 is 1.87 bits per heavy atom. The molecule has 2 aromatic carbocycles. The van der Waals surface area contributed by atoms with E-state index in [0.717, 1.165) is 33.2 Å². The van der Waals surface area contributed by atoms with Crippen LogP contribution in [0.2, 0.25) is 0 Å². The number of fused-ring (bicyclic) bond motifs is 3. The number of benzene rings is 2. The van der Waals surface area contributed by atoms with Crippen LogP contribution in [0.25, 0.3) is 22.0 Å². The Bertz CT molecular complexity index is 1100. The van der Waals surface area contributed by atoms with E-state index in [0.29, 0.717) is 17.4 Å². The molecule has 1 heterocycles. The number of carbonyl (C=O) groups is 1. The minimum absolute atomic E-state index is 0.0498. The number of thioether (sulfide) groups is 1. The number of nitrogens with one attached hydrogen (secondary N) is 1. The summed E-state index contributed by atoms with van der Waals surface area (Å²) >= 11 is 1.42. The number of halogens is 1. The Kier molecular flexibility index (Phi) is 5.65. The summed E-state index contributed by atoms with van der Waals surface area (Å²) < 4.78 is 13.3. The normalized spacial score (nSPS) is 23.2. The summed E-state index contributed by atoms with van der Waals surface area (Å²) in [5.74, 6) is 2.39. The Morgan fingerprint density at radius 1 is 1.10 bits per heavy atom. The van der Waals surface area contributed by atoms with Crippen LogP contribution in [0, 0.1) is 23.6 Å². The van der Waals surface area contributed by atoms with Gasteiger partial charge in [-0.15, -0.1) is 10.2 Å². The molecule has 31 heavy (non-hydrogen) atoms. The van der Waals surface area contributed by atoms with Crippen molar-refractivity contribution in [3.8, 4) is 11.3 Å². The van der Waals surface area contributed by atoms with Crippen LogP contribution in [-0.4, -0.2) is 27.9 Å². The first-order valence-corrected chi connectivity index (χ1v) is 12.0. The van der Waals surface area contributed by atoms with Crippen molar-refractivity contribution in [2.24, 2.45) is 17.8 Å². The molecule has 2 saturated carbocycles. The minimum Gasteiger partial charge on any atom is -0.353 e. The summed E-state index contributed by atoms with van der Waals surface area (Å²) in [7, 11) is 0. The Morgan fingerprint density at radius 3 is 2.58 bits per heavy atom. The summed E-state index contributed by atoms with van der Waals surface area (Å²) in [4.78, 5) is 12.6. The predicted molar refractivity (Wildman–Crippen MR) is 122 cm³/mol. The van der Waals surface area contributed by atoms with Crippen LogP contribution >= 0.6 is 11.8 Å². The van der Waals surface area contributed by atoms with Gasteiger partial charge in [-0.1, -0.05) is 42.4 Å². The van der Waals surface area contributed by atoms with Gasteiger partial charge >= 0.3 is 0 Å². The zero-order chi connectivity index (χ0) is 21.4. The molecule has 6 heteroatoms. The summed E-state index contributed by atoms with van der Waals surface area (Å²) in [6.45, 7) is 2.15. The van der Waals surface area contributed by atoms with Crippen molar-refractivity contribution < 1.29 is 9.18 Å². The average Bonchev–Trinajstić information content (AvgIpc) is 3.42. The molecule has 2 bridgehead atoms. The quantitative estimate of drug-likeness (QED) is 0.522. The number of amides is 1. The highest BCUT2D eigenvalue weighted by Crippen LogP contribution is 2.49. The van der Waals surface area contributed by atoms with Crippen molar-refractivity contribution in [1.82, 2.24) is 15.5 Å². The first-order valence-electron chi connectivity index (χ1n) is 11.0. The lowest BCUT2D eigenvalue weighted by Gasteiger charge is -2.28. The van der Waals surface area contributed by atoms with Gasteiger partial charge < -0.3 is 5.32 Å². The van der Waals surface area contributed by atoms with Gasteiger partial charge in [0.15, 0.2) is 0 Å². The molecule has 1 aromatic heterocycles. The summed E-state index contributed by atoms with van der Waals surface area (Å²) in [6, 6.07) is 14.4. The number of nitrogens with zero attached hydrogens (tertiary/aromatic N) is 2. The molecule has 0 spiro atoms. The molecule has 5 rings (SSSR count). The average molecular weight is 436 g/mol. The third-order valence-electron chi connectivity index (χ3n) is 6.93. The largest absolute Gasteiger partial charge is 0.353 e. The molecular weight excluding hydrogens is 409 g/mol. The maximum atomic E-state index is 13.3. The van der Waals surface area contributed by atoms with Crippen LogP contribution in [0.5, 0.6) is 0 Å². The van der Waals surface area contributed by atoms with E-state index >= 15 is 0 Å². The zero-order valence-electron chi connectivity index (χ0n) is 17.6. The SMILES string of the molecule is C[C@H](NC(=O)CSc1nnc(-c2ccc(F)cc2)c2ccccc12)[C@@H]1C[C@H]2CC[C@H]1C2. The third-order valence-corrected chi connectivity index (χ3v) is 7.92. The topological polar surface area (TPSA) is 54.9 Å². The number of aromatic nitrogens is 2. The van der Waals surface area contributed by atoms with Crippen molar-refractivity contribution in [3.05, 3.63) is 54.3 Å². The Labute approximate surface area is 186 Å². The van der Waals surface area contributed by atoms with E-state index in [1.807, 2.05) is 24.3 Å². The van der Waals surface area contributed by atoms with E-state index in [2.05, 4.69) is 22.4 Å². The lowest BCUT2D eigenvalue weighted by atomic mass is 9.84. The molecule has 2 aliphatic carbocycles. The fourth-order valence-corrected chi connectivity index (χ4v) is 6.23. The molecule has 0 radical (unpaired) electrons. The molecule has 2 aliphatic rings. The highest BCUT2D eigenvalue weighted by atomic mass is 32.2. The molecule has 0 aliphatic heterocycles. The van der Waals surface area contributed by atoms with Gasteiger partial charge in [-0.3, -0.25) is 4.79 Å². The van der Waals surface area contributed by atoms with Gasteiger partial charge in [0.25, 0.3) is 0 Å². The highest BCUT2D eigenvalue weighted by Gasteiger charge is 2.42. The summed E-state index contributed by atoms with van der Waals surface area (Å²) in [5.41, 5.74) is 1.54. The standard InChI is InChI=1S/C25H26FN3OS/c1-15(22-13-16-6-7-18(22)12-16)27-23(30)14-31-25-21-5-3-2-4-20(21)24(28-29-25)17-8-10-19(26)11-9-17/h2-5,8-11,15-16,18,22H,6-7,12-14H2,1H3,(H,27,30)/t15-,16-,18-,22-/m0/s1. The molecule has 2 fully saturated rings. The second kappa shape index (κ2) is 8.58. The van der Waals surface area contributed by atoms with Crippen LogP contribution in [0.15, 0.2) is 53.6 Å². The van der Waals surface area contributed by atoms with E-state index in [9.17, 15) is 9.18 Å². The van der Waals surface area contributed by atoms with Crippen LogP contribution < -0.4 is 5.32 Å². The molecule has 0 unspecified atom stereocenters. The number of hydrogen-bond donors (Lipinski definition) is 1. The fraction of sp³-hybridized carbons (Fsp3) is 0.400. The first kappa shape index (κ1) is 20.4. The Hall–Kier alpha value is -2.47. The van der Waals surface area contributed by atoms with Crippen molar-refractivity contribution in [2.45, 2.75) is 43.7 Å². The highest BCUT2D eigenvalue weighted by molar-refractivity contribution is 8.00. The van der Waals surface area contributed by atoms with Gasteiger partial charge in [0, 0.05) is 22.4 Å². The lowest BCUT2D eigenvalue weighted by molar-refractivity contribution is -0.119. The fourth-order valence-electron chi connectivity index (χ4n) is 5.45. The van der Waals surface area contributed by atoms with Gasteiger partial charge in [0.2, 0.25) is 5.91 Å². The van der Waals surface area contributed by atoms with Crippen molar-refractivity contribution in [3.63, 3.8) is 0 Å². The smallest absolute Gasteiger partial charge is 0.230 e. The third kappa shape index (κ3) is 4.18. The van der Waals surface area contributed by atoms with Crippen LogP contribution in [0.3, 0.4) is 0 Å². The monoisotopic (exact) mass is 435 g/mol. The second-order valence-electron chi connectivity index (χ2n) is 8.89. The van der Waals surface area contributed by atoms with Crippen LogP contribution in [0.4, 0.5) is 4.39 Å². The van der Waals surface area contributed by atoms with Gasteiger partial charge in [0.1, 0.15) is 16.5 Å². The van der Waals surface area contributed by atoms with E-state index in [1.165, 1.54) is 49.6 Å². The van der Waals surface area contributed by atoms with Crippen molar-refractivity contribution >= 4 is 28.4 Å². The van der Waals surface area contributed by atoms with E-state index in [1.54, 1.807) is 12.1 Å². The summed E-state index contributed by atoms with van der Waals surface area (Å²) in [5, 5.41) is 14.7. The number of rotatable bonds is 6. The van der Waals surface area contributed by atoms with Crippen LogP contribution in [0.1, 0.15) is 32.6 Å². The van der Waals surface area contributed by atoms with Gasteiger partial charge in [-0.25, -0.2) is 4.39 Å². The minimum atomic E-state index is -0.279. The second-order valence-corrected chi connectivity index (χ2v) is 9.85. The van der Waals surface area contributed by atoms with Crippen LogP contribution in [-0.2, 0) is 4.79 Å². The summed E-state index contributed by atoms with van der Waals surface area (Å²) in [6.07, 6.45) is 5.31. The van der Waals surface area contributed by atoms with Gasteiger partial charge in [0.05, 0.1) is 5.75 Å². The van der Waals surface area contributed by atoms with Crippen molar-refractivity contribution in [1.29, 1.82) is 0 Å². The van der Waals surface area contributed by atoms with Crippen molar-refractivity contribution in [2.75, 3.05) is 5.75 Å². The molecule has 1 N–H and O–H groups in total. The maximum absolute atomic E-state index is 13.3. The predicted octanol–water partition coefficient (Wildman–Crippen LogP) is 5.47. The Balaban J connectivity index is 1.29. The lowest BCUT2D eigenvalue weighted by Crippen LogP contribution is -2.40. The molecule has 3 aromatic rings. The number of carbonyl (C=O) groups excluding carboxylic acids is 1. The molecule has 160 valence electrons. The molecule has 1 amide bonds. The van der Waals surface area contributed by atoms with E-state index in [-0.39, 0.29) is 17.8 Å².